The molecule has 0 bridgehead atoms. The molecule has 0 atom stereocenters. The molecular weight excluding hydrogens is 422 g/mol. The average molecular weight is 463 g/mol. The summed E-state index contributed by atoms with van der Waals surface area (Å²) in [7, 11) is -5.03. The summed E-state index contributed by atoms with van der Waals surface area (Å²) in [5, 5.41) is 0. The molecule has 0 amide bonds. The Kier molecular flexibility index (Phi) is 15.7. The van der Waals surface area contributed by atoms with Gasteiger partial charge >= 0.3 is 17.2 Å². The van der Waals surface area contributed by atoms with Crippen LogP contribution in [0.5, 0.6) is 11.5 Å². The standard InChI is InChI=1S/C22H40O6P2/c1-3-5-7-9-11-13-15-19-20(16-14-12-10-8-6-4-2)22(28-30(25)26)18-17-21(19)27-29(23)24/h17-18,23-26H,3-16H2,1-2H3. The monoisotopic (exact) mass is 462 g/mol. The summed E-state index contributed by atoms with van der Waals surface area (Å²) >= 11 is 0. The Hall–Kier alpha value is -0.480. The molecule has 0 saturated heterocycles. The van der Waals surface area contributed by atoms with Crippen LogP contribution in [0.3, 0.4) is 0 Å². The summed E-state index contributed by atoms with van der Waals surface area (Å²) in [6.45, 7) is 4.39. The molecule has 6 nitrogen and oxygen atoms in total. The second kappa shape index (κ2) is 17.1. The van der Waals surface area contributed by atoms with Crippen LogP contribution < -0.4 is 9.05 Å². The van der Waals surface area contributed by atoms with E-state index in [1.54, 1.807) is 12.1 Å². The molecule has 1 rings (SSSR count). The molecule has 0 aliphatic heterocycles. The maximum absolute atomic E-state index is 9.39. The molecular formula is C22H40O6P2. The van der Waals surface area contributed by atoms with Crippen molar-refractivity contribution in [3.05, 3.63) is 23.3 Å². The van der Waals surface area contributed by atoms with Gasteiger partial charge in [0.1, 0.15) is 11.5 Å². The molecule has 0 aromatic heterocycles. The van der Waals surface area contributed by atoms with Crippen LogP contribution in [-0.2, 0) is 12.8 Å². The van der Waals surface area contributed by atoms with Crippen LogP contribution >= 0.6 is 17.2 Å². The van der Waals surface area contributed by atoms with Crippen molar-refractivity contribution >= 4 is 17.2 Å². The van der Waals surface area contributed by atoms with Gasteiger partial charge in [0.2, 0.25) is 0 Å². The molecule has 0 saturated carbocycles. The minimum Gasteiger partial charge on any atom is -0.427 e. The first-order valence-corrected chi connectivity index (χ1v) is 13.7. The van der Waals surface area contributed by atoms with Gasteiger partial charge in [0.25, 0.3) is 0 Å². The van der Waals surface area contributed by atoms with Crippen molar-refractivity contribution in [2.24, 2.45) is 0 Å². The smallest absolute Gasteiger partial charge is 0.391 e. The zero-order chi connectivity index (χ0) is 22.2. The Bertz CT molecular complexity index is 520. The highest BCUT2D eigenvalue weighted by molar-refractivity contribution is 7.40. The van der Waals surface area contributed by atoms with Crippen LogP contribution in [0, 0.1) is 0 Å². The van der Waals surface area contributed by atoms with Gasteiger partial charge in [0, 0.05) is 11.1 Å². The fourth-order valence-electron chi connectivity index (χ4n) is 3.71. The van der Waals surface area contributed by atoms with Gasteiger partial charge in [-0.05, 0) is 37.8 Å². The largest absolute Gasteiger partial charge is 0.427 e. The molecule has 1 aromatic carbocycles. The zero-order valence-electron chi connectivity index (χ0n) is 18.6. The van der Waals surface area contributed by atoms with Crippen LogP contribution in [0.15, 0.2) is 12.1 Å². The topological polar surface area (TPSA) is 99.4 Å². The second-order valence-electron chi connectivity index (χ2n) is 7.74. The molecule has 0 unspecified atom stereocenters. The van der Waals surface area contributed by atoms with Gasteiger partial charge < -0.3 is 28.6 Å². The predicted octanol–water partition coefficient (Wildman–Crippen LogP) is 6.67. The summed E-state index contributed by atoms with van der Waals surface area (Å²) in [4.78, 5) is 37.6. The van der Waals surface area contributed by atoms with Crippen molar-refractivity contribution in [3.8, 4) is 11.5 Å². The Morgan fingerprint density at radius 1 is 0.567 bits per heavy atom. The number of benzene rings is 1. The Morgan fingerprint density at radius 3 is 1.23 bits per heavy atom. The molecule has 4 N–H and O–H groups in total. The first kappa shape index (κ1) is 27.6. The highest BCUT2D eigenvalue weighted by Gasteiger charge is 2.19. The SMILES string of the molecule is CCCCCCCCc1c(OP(O)O)ccc(OP(O)O)c1CCCCCCCC. The number of hydrogen-bond acceptors (Lipinski definition) is 6. The molecule has 30 heavy (non-hydrogen) atoms. The van der Waals surface area contributed by atoms with Crippen molar-refractivity contribution < 1.29 is 28.6 Å². The van der Waals surface area contributed by atoms with E-state index in [1.165, 1.54) is 51.4 Å². The third kappa shape index (κ3) is 11.8. The van der Waals surface area contributed by atoms with Crippen LogP contribution in [0.2, 0.25) is 0 Å². The number of rotatable bonds is 18. The van der Waals surface area contributed by atoms with Crippen LogP contribution in [0.4, 0.5) is 0 Å². The minimum atomic E-state index is -2.52. The normalized spacial score (nSPS) is 11.5. The number of hydrogen-bond donors (Lipinski definition) is 4. The Labute approximate surface area is 184 Å². The lowest BCUT2D eigenvalue weighted by Gasteiger charge is -2.19. The molecule has 8 heteroatoms. The molecule has 0 heterocycles. The van der Waals surface area contributed by atoms with Crippen LogP contribution in [-0.4, -0.2) is 19.6 Å². The van der Waals surface area contributed by atoms with E-state index in [0.717, 1.165) is 49.7 Å². The maximum Gasteiger partial charge on any atom is 0.391 e. The Balaban J connectivity index is 2.93. The van der Waals surface area contributed by atoms with Gasteiger partial charge in [-0.15, -0.1) is 0 Å². The maximum atomic E-state index is 9.39. The van der Waals surface area contributed by atoms with Crippen molar-refractivity contribution in [2.45, 2.75) is 104 Å². The van der Waals surface area contributed by atoms with Gasteiger partial charge in [-0.2, -0.15) is 0 Å². The van der Waals surface area contributed by atoms with E-state index in [-0.39, 0.29) is 0 Å². The quantitative estimate of drug-likeness (QED) is 0.144. The third-order valence-corrected chi connectivity index (χ3v) is 5.99. The molecule has 1 aromatic rings. The molecule has 0 radical (unpaired) electrons. The summed E-state index contributed by atoms with van der Waals surface area (Å²) in [5.74, 6) is 0.904. The van der Waals surface area contributed by atoms with Crippen LogP contribution in [0.1, 0.15) is 102 Å². The van der Waals surface area contributed by atoms with E-state index < -0.39 is 17.2 Å². The van der Waals surface area contributed by atoms with Crippen LogP contribution in [0.25, 0.3) is 0 Å². The molecule has 0 aliphatic rings. The summed E-state index contributed by atoms with van der Waals surface area (Å²) < 4.78 is 10.6. The van der Waals surface area contributed by atoms with Gasteiger partial charge in [-0.3, -0.25) is 0 Å². The lowest BCUT2D eigenvalue weighted by molar-refractivity contribution is 0.365. The van der Waals surface area contributed by atoms with E-state index in [4.69, 9.17) is 9.05 Å². The number of unbranched alkanes of at least 4 members (excludes halogenated alkanes) is 10. The van der Waals surface area contributed by atoms with E-state index in [9.17, 15) is 19.6 Å². The molecule has 0 spiro atoms. The summed E-state index contributed by atoms with van der Waals surface area (Å²) in [6, 6.07) is 3.26. The first-order valence-electron chi connectivity index (χ1n) is 11.4. The lowest BCUT2D eigenvalue weighted by Crippen LogP contribution is -2.03. The van der Waals surface area contributed by atoms with Crippen molar-refractivity contribution in [1.82, 2.24) is 0 Å². The first-order chi connectivity index (χ1) is 14.5. The van der Waals surface area contributed by atoms with Crippen molar-refractivity contribution in [1.29, 1.82) is 0 Å². The van der Waals surface area contributed by atoms with Gasteiger partial charge in [-0.1, -0.05) is 78.1 Å². The van der Waals surface area contributed by atoms with E-state index in [1.807, 2.05) is 0 Å². The summed E-state index contributed by atoms with van der Waals surface area (Å²) in [5.41, 5.74) is 1.79. The van der Waals surface area contributed by atoms with E-state index >= 15 is 0 Å². The van der Waals surface area contributed by atoms with Crippen molar-refractivity contribution in [2.75, 3.05) is 0 Å². The van der Waals surface area contributed by atoms with E-state index in [0.29, 0.717) is 11.5 Å². The van der Waals surface area contributed by atoms with Gasteiger partial charge in [-0.25, -0.2) is 0 Å². The molecule has 0 fully saturated rings. The Morgan fingerprint density at radius 2 is 0.900 bits per heavy atom. The molecule has 0 aliphatic carbocycles. The fraction of sp³-hybridized carbons (Fsp3) is 0.727. The van der Waals surface area contributed by atoms with Gasteiger partial charge in [0.15, 0.2) is 0 Å². The predicted molar refractivity (Wildman–Crippen MR) is 125 cm³/mol. The zero-order valence-corrected chi connectivity index (χ0v) is 20.3. The van der Waals surface area contributed by atoms with Gasteiger partial charge in [0.05, 0.1) is 0 Å². The van der Waals surface area contributed by atoms with E-state index in [2.05, 4.69) is 13.8 Å². The highest BCUT2D eigenvalue weighted by Crippen LogP contribution is 2.41. The third-order valence-electron chi connectivity index (χ3n) is 5.27. The highest BCUT2D eigenvalue weighted by atomic mass is 31.2. The lowest BCUT2D eigenvalue weighted by atomic mass is 9.94. The second-order valence-corrected chi connectivity index (χ2v) is 9.12. The van der Waals surface area contributed by atoms with Crippen molar-refractivity contribution in [3.63, 3.8) is 0 Å². The summed E-state index contributed by atoms with van der Waals surface area (Å²) in [6.07, 6.45) is 15.3. The fourth-order valence-corrected chi connectivity index (χ4v) is 4.40. The molecule has 174 valence electrons. The minimum absolute atomic E-state index is 0.452. The average Bonchev–Trinajstić information content (AvgIpc) is 2.69.